The zero-order valence-electron chi connectivity index (χ0n) is 14.2. The number of benzene rings is 1. The van der Waals surface area contributed by atoms with E-state index in [9.17, 15) is 4.79 Å². The summed E-state index contributed by atoms with van der Waals surface area (Å²) in [6.45, 7) is 7.01. The van der Waals surface area contributed by atoms with E-state index in [1.165, 1.54) is 0 Å². The van der Waals surface area contributed by atoms with Crippen molar-refractivity contribution in [2.75, 3.05) is 13.2 Å². The molecule has 0 heterocycles. The third kappa shape index (κ3) is 4.65. The summed E-state index contributed by atoms with van der Waals surface area (Å²) in [5.74, 6) is 1.27. The lowest BCUT2D eigenvalue weighted by Gasteiger charge is -2.13. The first-order valence-corrected chi connectivity index (χ1v) is 8.48. The number of ketones is 1. The van der Waals surface area contributed by atoms with E-state index in [2.05, 4.69) is 0 Å². The highest BCUT2D eigenvalue weighted by Gasteiger charge is 2.13. The van der Waals surface area contributed by atoms with E-state index >= 15 is 0 Å². The zero-order valence-corrected chi connectivity index (χ0v) is 15.1. The third-order valence-corrected chi connectivity index (χ3v) is 3.87. The van der Waals surface area contributed by atoms with Gasteiger partial charge in [0.25, 0.3) is 0 Å². The van der Waals surface area contributed by atoms with Crippen LogP contribution in [0, 0.1) is 12.8 Å². The number of carbonyl (C=O) groups is 1. The molecule has 0 N–H and O–H groups in total. The Morgan fingerprint density at radius 2 is 1.75 bits per heavy atom. The van der Waals surface area contributed by atoms with E-state index in [1.807, 2.05) is 45.1 Å². The van der Waals surface area contributed by atoms with Crippen LogP contribution in [0.2, 0.25) is 0 Å². The van der Waals surface area contributed by atoms with Crippen molar-refractivity contribution < 1.29 is 14.3 Å². The third-order valence-electron chi connectivity index (χ3n) is 3.60. The summed E-state index contributed by atoms with van der Waals surface area (Å²) in [6, 6.07) is 3.85. The average molecular weight is 342 g/mol. The molecule has 0 aliphatic heterocycles. The van der Waals surface area contributed by atoms with Crippen molar-refractivity contribution in [2.24, 2.45) is 5.92 Å². The van der Waals surface area contributed by atoms with Gasteiger partial charge in [-0.25, -0.2) is 0 Å². The van der Waals surface area contributed by atoms with Crippen molar-refractivity contribution in [3.8, 4) is 11.5 Å². The predicted molar refractivity (Wildman–Crippen MR) is 102 cm³/mol. The number of hydrogen-bond acceptors (Lipinski definition) is 4. The first kappa shape index (κ1) is 18.1. The summed E-state index contributed by atoms with van der Waals surface area (Å²) >= 11 is 5.05. The van der Waals surface area contributed by atoms with Crippen LogP contribution in [0.3, 0.4) is 0 Å². The molecule has 1 aromatic carbocycles. The highest BCUT2D eigenvalue weighted by atomic mass is 32.1. The van der Waals surface area contributed by atoms with E-state index in [1.54, 1.807) is 24.3 Å². The van der Waals surface area contributed by atoms with E-state index in [-0.39, 0.29) is 11.7 Å². The van der Waals surface area contributed by atoms with Crippen molar-refractivity contribution in [3.05, 3.63) is 53.6 Å². The number of hydrogen-bond donors (Lipinski definition) is 0. The molecule has 0 unspecified atom stereocenters. The number of rotatable bonds is 7. The van der Waals surface area contributed by atoms with E-state index < -0.39 is 0 Å². The van der Waals surface area contributed by atoms with Crippen molar-refractivity contribution in [3.63, 3.8) is 0 Å². The van der Waals surface area contributed by atoms with Crippen LogP contribution in [0.5, 0.6) is 11.5 Å². The number of aryl methyl sites for hydroxylation is 1. The van der Waals surface area contributed by atoms with Gasteiger partial charge < -0.3 is 9.47 Å². The lowest BCUT2D eigenvalue weighted by atomic mass is 9.97. The molecular weight excluding hydrogens is 320 g/mol. The molecule has 1 aliphatic rings. The van der Waals surface area contributed by atoms with Gasteiger partial charge in [-0.2, -0.15) is 0 Å². The molecule has 0 aromatic heterocycles. The second kappa shape index (κ2) is 8.60. The normalized spacial score (nSPS) is 14.4. The Morgan fingerprint density at radius 3 is 2.38 bits per heavy atom. The lowest BCUT2D eigenvalue weighted by Crippen LogP contribution is -2.09. The highest BCUT2D eigenvalue weighted by molar-refractivity contribution is 7.81. The molecule has 4 heteroatoms. The second-order valence-corrected chi connectivity index (χ2v) is 5.88. The molecule has 0 spiro atoms. The van der Waals surface area contributed by atoms with Gasteiger partial charge in [-0.15, -0.1) is 0 Å². The molecule has 24 heavy (non-hydrogen) atoms. The number of allylic oxidation sites excluding steroid dienone is 5. The second-order valence-electron chi connectivity index (χ2n) is 5.40. The maximum Gasteiger partial charge on any atom is 0.166 e. The molecule has 3 nitrogen and oxygen atoms in total. The van der Waals surface area contributed by atoms with Crippen LogP contribution in [0.25, 0.3) is 6.08 Å². The van der Waals surface area contributed by atoms with Gasteiger partial charge >= 0.3 is 0 Å². The fourth-order valence-electron chi connectivity index (χ4n) is 2.40. The molecule has 0 fully saturated rings. The van der Waals surface area contributed by atoms with Crippen molar-refractivity contribution in [1.29, 1.82) is 0 Å². The fourth-order valence-corrected chi connectivity index (χ4v) is 2.56. The van der Waals surface area contributed by atoms with Gasteiger partial charge in [0.2, 0.25) is 0 Å². The summed E-state index contributed by atoms with van der Waals surface area (Å²) in [6.07, 6.45) is 10.6. The Kier molecular flexibility index (Phi) is 6.50. The standard InChI is InChI=1S/C20H22O3S/c1-4-22-19-13-20(23-5-2)16(12-14(19)3)8-11-18(21)15-6-9-17(24)10-7-15/h6-13,15H,4-5H2,1-3H3/b11-8+. The smallest absolute Gasteiger partial charge is 0.166 e. The highest BCUT2D eigenvalue weighted by Crippen LogP contribution is 2.30. The van der Waals surface area contributed by atoms with Crippen molar-refractivity contribution in [1.82, 2.24) is 0 Å². The zero-order chi connectivity index (χ0) is 17.5. The van der Waals surface area contributed by atoms with E-state index in [0.29, 0.717) is 19.0 Å². The van der Waals surface area contributed by atoms with Crippen LogP contribution in [0.4, 0.5) is 0 Å². The number of ether oxygens (including phenoxy) is 2. The largest absolute Gasteiger partial charge is 0.493 e. The number of thiocarbonyl (C=S) groups is 1. The van der Waals surface area contributed by atoms with Crippen LogP contribution in [-0.4, -0.2) is 23.9 Å². The van der Waals surface area contributed by atoms with E-state index in [4.69, 9.17) is 21.7 Å². The molecule has 1 aromatic rings. The molecule has 0 atom stereocenters. The Hall–Kier alpha value is -2.20. The summed E-state index contributed by atoms with van der Waals surface area (Å²) in [5, 5.41) is 0. The molecule has 0 saturated carbocycles. The maximum atomic E-state index is 12.3. The Labute approximate surface area is 148 Å². The Bertz CT molecular complexity index is 698. The minimum Gasteiger partial charge on any atom is -0.493 e. The Morgan fingerprint density at radius 1 is 1.12 bits per heavy atom. The van der Waals surface area contributed by atoms with Crippen LogP contribution in [-0.2, 0) is 4.79 Å². The summed E-state index contributed by atoms with van der Waals surface area (Å²) in [4.78, 5) is 13.0. The summed E-state index contributed by atoms with van der Waals surface area (Å²) in [7, 11) is 0. The summed E-state index contributed by atoms with van der Waals surface area (Å²) < 4.78 is 11.3. The first-order valence-electron chi connectivity index (χ1n) is 8.07. The quantitative estimate of drug-likeness (QED) is 0.540. The van der Waals surface area contributed by atoms with Crippen LogP contribution in [0.1, 0.15) is 25.0 Å². The van der Waals surface area contributed by atoms with Gasteiger partial charge in [0.05, 0.1) is 19.1 Å². The minimum atomic E-state index is -0.257. The molecular formula is C20H22O3S. The van der Waals surface area contributed by atoms with Crippen molar-refractivity contribution in [2.45, 2.75) is 20.8 Å². The SMILES string of the molecule is CCOc1cc(OCC)c(/C=C/C(=O)C2C=CC(=S)C=C2)cc1C. The van der Waals surface area contributed by atoms with Crippen LogP contribution < -0.4 is 9.47 Å². The topological polar surface area (TPSA) is 35.5 Å². The molecule has 0 saturated heterocycles. The first-order chi connectivity index (χ1) is 11.5. The minimum absolute atomic E-state index is 0.0130. The lowest BCUT2D eigenvalue weighted by molar-refractivity contribution is -0.115. The van der Waals surface area contributed by atoms with E-state index in [0.717, 1.165) is 21.7 Å². The van der Waals surface area contributed by atoms with Gasteiger partial charge in [-0.3, -0.25) is 4.79 Å². The predicted octanol–water partition coefficient (Wildman–Crippen LogP) is 4.49. The van der Waals surface area contributed by atoms with Gasteiger partial charge in [0.1, 0.15) is 11.5 Å². The van der Waals surface area contributed by atoms with Gasteiger partial charge in [0, 0.05) is 16.5 Å². The maximum absolute atomic E-state index is 12.3. The molecule has 0 amide bonds. The molecule has 1 aliphatic carbocycles. The molecule has 126 valence electrons. The molecule has 0 radical (unpaired) electrons. The average Bonchev–Trinajstić information content (AvgIpc) is 2.57. The molecule has 2 rings (SSSR count). The van der Waals surface area contributed by atoms with Gasteiger partial charge in [0.15, 0.2) is 5.78 Å². The van der Waals surface area contributed by atoms with Crippen molar-refractivity contribution >= 4 is 28.9 Å². The summed E-state index contributed by atoms with van der Waals surface area (Å²) in [5.41, 5.74) is 1.88. The fraction of sp³-hybridized carbons (Fsp3) is 0.300. The monoisotopic (exact) mass is 342 g/mol. The molecule has 0 bridgehead atoms. The van der Waals surface area contributed by atoms with Gasteiger partial charge in [-0.05, 0) is 56.7 Å². The number of carbonyl (C=O) groups excluding carboxylic acids is 1. The Balaban J connectivity index is 2.22. The van der Waals surface area contributed by atoms with Crippen LogP contribution in [0.15, 0.2) is 42.5 Å². The van der Waals surface area contributed by atoms with Crippen LogP contribution >= 0.6 is 12.2 Å². The van der Waals surface area contributed by atoms with Gasteiger partial charge in [-0.1, -0.05) is 24.4 Å².